The van der Waals surface area contributed by atoms with E-state index in [9.17, 15) is 14.0 Å². The Hall–Kier alpha value is -4.94. The van der Waals surface area contributed by atoms with Gasteiger partial charge in [0.25, 0.3) is 11.5 Å². The Morgan fingerprint density at radius 3 is 2.70 bits per heavy atom. The number of hydrogen-bond acceptors (Lipinski definition) is 8. The van der Waals surface area contributed by atoms with Gasteiger partial charge in [0.15, 0.2) is 11.6 Å². The van der Waals surface area contributed by atoms with Crippen LogP contribution in [0.1, 0.15) is 16.8 Å². The molecule has 0 unspecified atom stereocenters. The lowest BCUT2D eigenvalue weighted by molar-refractivity contribution is 0.0320. The largest absolute Gasteiger partial charge is 0.476 e. The monoisotopic (exact) mass is 601 g/mol. The van der Waals surface area contributed by atoms with Crippen LogP contribution < -0.4 is 20.3 Å². The zero-order valence-corrected chi connectivity index (χ0v) is 23.6. The third-order valence-electron chi connectivity index (χ3n) is 7.30. The van der Waals surface area contributed by atoms with Crippen molar-refractivity contribution in [3.63, 3.8) is 0 Å². The van der Waals surface area contributed by atoms with Crippen molar-refractivity contribution in [2.24, 2.45) is 0 Å². The van der Waals surface area contributed by atoms with Gasteiger partial charge in [0.2, 0.25) is 5.88 Å². The van der Waals surface area contributed by atoms with Crippen molar-refractivity contribution < 1.29 is 27.8 Å². The predicted molar refractivity (Wildman–Crippen MR) is 158 cm³/mol. The van der Waals surface area contributed by atoms with E-state index in [4.69, 9.17) is 14.2 Å². The number of rotatable bonds is 9. The van der Waals surface area contributed by atoms with Gasteiger partial charge in [-0.3, -0.25) is 24.0 Å². The summed E-state index contributed by atoms with van der Waals surface area (Å²) in [4.78, 5) is 36.9. The second-order valence-electron chi connectivity index (χ2n) is 10.2. The number of hydrogen-bond donors (Lipinski definition) is 1. The van der Waals surface area contributed by atoms with Gasteiger partial charge in [0, 0.05) is 50.0 Å². The lowest BCUT2D eigenvalue weighted by atomic mass is 10.1. The molecule has 12 heteroatoms. The number of aromatic nitrogens is 3. The Morgan fingerprint density at radius 2 is 1.91 bits per heavy atom. The summed E-state index contributed by atoms with van der Waals surface area (Å²) < 4.78 is 46.8. The molecular formula is C32H29F2N5O5. The molecule has 1 aromatic carbocycles. The van der Waals surface area contributed by atoms with Crippen LogP contribution in [0.5, 0.6) is 11.6 Å². The lowest BCUT2D eigenvalue weighted by Crippen LogP contribution is -2.38. The van der Waals surface area contributed by atoms with E-state index < -0.39 is 29.2 Å². The highest BCUT2D eigenvalue weighted by atomic mass is 19.1. The number of carbonyl (C=O) groups is 1. The zero-order chi connectivity index (χ0) is 30.5. The molecule has 1 saturated heterocycles. The van der Waals surface area contributed by atoms with Gasteiger partial charge in [-0.25, -0.2) is 13.8 Å². The summed E-state index contributed by atoms with van der Waals surface area (Å²) in [5.74, 6) is -0.981. The molecule has 4 heterocycles. The van der Waals surface area contributed by atoms with Crippen molar-refractivity contribution in [2.45, 2.75) is 12.5 Å². The number of pyridine rings is 3. The molecule has 1 aliphatic heterocycles. The fraction of sp³-hybridized carbons (Fsp3) is 0.250. The molecule has 1 fully saturated rings. The second-order valence-corrected chi connectivity index (χ2v) is 10.2. The summed E-state index contributed by atoms with van der Waals surface area (Å²) in [6, 6.07) is 10.9. The maximum atomic E-state index is 15.1. The number of fused-ring (bicyclic) bond motifs is 1. The van der Waals surface area contributed by atoms with Crippen molar-refractivity contribution >= 4 is 16.8 Å². The molecule has 6 rings (SSSR count). The molecule has 3 aromatic heterocycles. The van der Waals surface area contributed by atoms with Crippen LogP contribution >= 0.6 is 0 Å². The minimum Gasteiger partial charge on any atom is -0.476 e. The van der Waals surface area contributed by atoms with Gasteiger partial charge in [0.1, 0.15) is 23.7 Å². The van der Waals surface area contributed by atoms with E-state index in [0.29, 0.717) is 34.8 Å². The number of carbonyl (C=O) groups excluding carboxylic acids is 1. The number of nitrogens with zero attached hydrogens (tertiary/aromatic N) is 4. The van der Waals surface area contributed by atoms with E-state index in [1.807, 2.05) is 0 Å². The van der Waals surface area contributed by atoms with Crippen molar-refractivity contribution in [1.82, 2.24) is 24.8 Å². The Balaban J connectivity index is 1.09. The number of allylic oxidation sites excluding steroid dienone is 1. The van der Waals surface area contributed by atoms with Crippen molar-refractivity contribution in [3.05, 3.63) is 113 Å². The van der Waals surface area contributed by atoms with Crippen molar-refractivity contribution in [3.8, 4) is 17.3 Å². The fourth-order valence-electron chi connectivity index (χ4n) is 4.96. The van der Waals surface area contributed by atoms with Gasteiger partial charge in [-0.2, -0.15) is 0 Å². The average Bonchev–Trinajstić information content (AvgIpc) is 3.03. The summed E-state index contributed by atoms with van der Waals surface area (Å²) in [6.07, 6.45) is 7.62. The van der Waals surface area contributed by atoms with E-state index in [-0.39, 0.29) is 17.7 Å². The normalized spacial score (nSPS) is 17.1. The number of halogens is 2. The highest BCUT2D eigenvalue weighted by Crippen LogP contribution is 2.30. The highest BCUT2D eigenvalue weighted by molar-refractivity contribution is 5.94. The molecule has 2 aliphatic rings. The van der Waals surface area contributed by atoms with E-state index >= 15 is 4.39 Å². The minimum atomic E-state index is -0.707. The van der Waals surface area contributed by atoms with Crippen LogP contribution in [0, 0.1) is 5.82 Å². The third kappa shape index (κ3) is 6.66. The smallest absolute Gasteiger partial charge is 0.267 e. The molecule has 0 bridgehead atoms. The van der Waals surface area contributed by atoms with Gasteiger partial charge >= 0.3 is 0 Å². The van der Waals surface area contributed by atoms with E-state index in [1.165, 1.54) is 59.3 Å². The average molecular weight is 602 g/mol. The number of morpholine rings is 1. The molecule has 1 N–H and O–H groups in total. The fourth-order valence-corrected chi connectivity index (χ4v) is 4.96. The molecule has 44 heavy (non-hydrogen) atoms. The topological polar surface area (TPSA) is 108 Å². The molecule has 1 amide bonds. The van der Waals surface area contributed by atoms with Crippen molar-refractivity contribution in [1.29, 1.82) is 0 Å². The summed E-state index contributed by atoms with van der Waals surface area (Å²) >= 11 is 0. The van der Waals surface area contributed by atoms with Gasteiger partial charge in [0.05, 0.1) is 30.2 Å². The Kier molecular flexibility index (Phi) is 8.71. The molecule has 226 valence electrons. The second kappa shape index (κ2) is 13.1. The molecule has 4 aromatic rings. The number of ether oxygens (including phenoxy) is 3. The van der Waals surface area contributed by atoms with Crippen LogP contribution in [0.25, 0.3) is 16.6 Å². The molecule has 1 aliphatic carbocycles. The Bertz CT molecular complexity index is 1780. The summed E-state index contributed by atoms with van der Waals surface area (Å²) in [6.45, 7) is 4.43. The highest BCUT2D eigenvalue weighted by Gasteiger charge is 2.22. The van der Waals surface area contributed by atoms with E-state index in [2.05, 4.69) is 20.2 Å². The van der Waals surface area contributed by atoms with Gasteiger partial charge in [-0.05, 0) is 61.0 Å². The molecule has 0 saturated carbocycles. The standard InChI is InChI=1S/C32H29F2N5O5/c33-21-3-6-23(7-4-21)39-11-1-2-24(32(39)41)31(40)37-22-5-8-29(26(34)18-22)44-28-9-10-35-27-19-30(36-20-25(27)28)43-17-14-38-12-15-42-16-13-38/h1-4,6-11,18-20,22H,5,12-17H2,(H,37,40)/t22-/m1/s1. The summed E-state index contributed by atoms with van der Waals surface area (Å²) in [7, 11) is 0. The maximum absolute atomic E-state index is 15.1. The first-order valence-electron chi connectivity index (χ1n) is 14.2. The van der Waals surface area contributed by atoms with Crippen LogP contribution in [0.2, 0.25) is 0 Å². The minimum absolute atomic E-state index is 0.00721. The van der Waals surface area contributed by atoms with Gasteiger partial charge < -0.3 is 19.5 Å². The lowest BCUT2D eigenvalue weighted by Gasteiger charge is -2.26. The van der Waals surface area contributed by atoms with Crippen LogP contribution in [0.15, 0.2) is 95.7 Å². The van der Waals surface area contributed by atoms with Gasteiger partial charge in [-0.15, -0.1) is 0 Å². The summed E-state index contributed by atoms with van der Waals surface area (Å²) in [5.41, 5.74) is 0.279. The maximum Gasteiger partial charge on any atom is 0.267 e. The Labute approximate surface area is 251 Å². The molecule has 0 spiro atoms. The quantitative estimate of drug-likeness (QED) is 0.308. The Morgan fingerprint density at radius 1 is 1.09 bits per heavy atom. The number of nitrogens with one attached hydrogen (secondary N) is 1. The molecule has 1 atom stereocenters. The van der Waals surface area contributed by atoms with E-state index in [0.717, 1.165) is 32.8 Å². The van der Waals surface area contributed by atoms with E-state index in [1.54, 1.807) is 24.5 Å². The first-order valence-corrected chi connectivity index (χ1v) is 14.2. The van der Waals surface area contributed by atoms with Gasteiger partial charge in [-0.1, -0.05) is 0 Å². The number of amides is 1. The zero-order valence-electron chi connectivity index (χ0n) is 23.6. The molecular weight excluding hydrogens is 572 g/mol. The van der Waals surface area contributed by atoms with Crippen LogP contribution in [0.3, 0.4) is 0 Å². The first kappa shape index (κ1) is 29.1. The molecule has 0 radical (unpaired) electrons. The first-order chi connectivity index (χ1) is 21.4. The predicted octanol–water partition coefficient (Wildman–Crippen LogP) is 3.95. The van der Waals surface area contributed by atoms with Crippen LogP contribution in [-0.4, -0.2) is 70.8 Å². The third-order valence-corrected chi connectivity index (χ3v) is 7.30. The van der Waals surface area contributed by atoms with Crippen LogP contribution in [-0.2, 0) is 4.74 Å². The SMILES string of the molecule is O=C(N[C@H]1C=C(F)C(Oc2ccnc3cc(OCCN4CCOCC4)ncc23)=CC1)c1cccn(-c2ccc(F)cc2)c1=O. The molecule has 10 nitrogen and oxygen atoms in total. The van der Waals surface area contributed by atoms with Crippen LogP contribution in [0.4, 0.5) is 8.78 Å². The van der Waals surface area contributed by atoms with Crippen molar-refractivity contribution in [2.75, 3.05) is 39.5 Å². The summed E-state index contributed by atoms with van der Waals surface area (Å²) in [5, 5.41) is 3.26. The number of benzene rings is 1.